The van der Waals surface area contributed by atoms with E-state index in [1.807, 2.05) is 43.6 Å². The highest BCUT2D eigenvalue weighted by molar-refractivity contribution is 5.35. The fourth-order valence-electron chi connectivity index (χ4n) is 11.7. The fraction of sp³-hybridized carbons (Fsp3) is 0.516. The van der Waals surface area contributed by atoms with Crippen LogP contribution in [0.2, 0.25) is 0 Å². The summed E-state index contributed by atoms with van der Waals surface area (Å²) in [5.41, 5.74) is 12.9. The molecule has 0 atom stereocenters. The average molecular weight is 1150 g/mol. The lowest BCUT2D eigenvalue weighted by molar-refractivity contribution is 0.122. The number of H-pyrrole nitrogens is 3. The monoisotopic (exact) mass is 1150 g/mol. The van der Waals surface area contributed by atoms with Gasteiger partial charge in [-0.15, -0.1) is 6.42 Å². The van der Waals surface area contributed by atoms with Crippen molar-refractivity contribution >= 4 is 23.7 Å². The van der Waals surface area contributed by atoms with E-state index in [4.69, 9.17) is 46.1 Å². The summed E-state index contributed by atoms with van der Waals surface area (Å²) in [5, 5.41) is 0. The van der Waals surface area contributed by atoms with Gasteiger partial charge in [0.15, 0.2) is 0 Å². The predicted molar refractivity (Wildman–Crippen MR) is 324 cm³/mol. The van der Waals surface area contributed by atoms with Crippen LogP contribution in [-0.2, 0) is 33.8 Å². The van der Waals surface area contributed by atoms with E-state index in [-0.39, 0.29) is 23.3 Å². The number of aromatic amines is 3. The second-order valence-corrected chi connectivity index (χ2v) is 22.5. The molecule has 11 heterocycles. The number of rotatable bonds is 14. The molecule has 1 aromatic carbocycles. The van der Waals surface area contributed by atoms with Crippen molar-refractivity contribution in [3.63, 3.8) is 0 Å². The van der Waals surface area contributed by atoms with Crippen LogP contribution in [-0.4, -0.2) is 179 Å². The average Bonchev–Trinajstić information content (AvgIpc) is 3.73. The third-order valence-corrected chi connectivity index (χ3v) is 16.5. The van der Waals surface area contributed by atoms with Gasteiger partial charge in [0.1, 0.15) is 18.2 Å². The van der Waals surface area contributed by atoms with Crippen LogP contribution in [0, 0.1) is 19.3 Å². The lowest BCUT2D eigenvalue weighted by Gasteiger charge is -2.32. The minimum atomic E-state index is -0.0731. The zero-order chi connectivity index (χ0) is 58.0. The standard InChI is InChI=1S/C23H28N4O3.C20H27N5O2.C19H26N6O2/c1-2-13-30-20-5-3-18(4-6-20)17-26-9-7-19(8-10-26)21-16-22(28)25-23(24-21)27-11-14-29-15-12-27;1-15-2-3-16(13-21-15)14-24-6-4-17(5-7-24)18-12-19(26)23-20(22-18)25-8-10-27-11-9-25;20-17-2-1-14(12-21-17)13-24-5-3-15(4-6-24)16-11-18(26)23-19(22-16)25-7-9-27-10-8-25/h1,3-6,16,19H,7-15,17H2,(H,24,25,28);2-3,12-13,17H,4-11,14H2,1H3,(H,22,23,26);1-2,11-12,15H,3-10,13H2,(H2,20,21)(H,22,23,26). The molecule has 22 nitrogen and oxygen atoms in total. The third kappa shape index (κ3) is 17.3. The van der Waals surface area contributed by atoms with Crippen LogP contribution in [0.5, 0.6) is 5.75 Å². The SMILES string of the molecule is C#CCOc1ccc(CN2CCC(c3cc(=O)[nH]c(N4CCOCC4)n3)CC2)cc1.Cc1ccc(CN2CCC(c3cc(=O)[nH]c(N4CCOCC4)n3)CC2)cn1.Nc1ccc(CN2CCC(c3cc(=O)[nH]c(N4CCOCC4)n3)CC2)cn1. The smallest absolute Gasteiger partial charge is 0.252 e. The van der Waals surface area contributed by atoms with Crippen molar-refractivity contribution in [2.75, 3.05) is 145 Å². The molecule has 12 rings (SSSR count). The van der Waals surface area contributed by atoms with Gasteiger partial charge >= 0.3 is 0 Å². The van der Waals surface area contributed by atoms with E-state index in [1.165, 1.54) is 16.7 Å². The van der Waals surface area contributed by atoms with E-state index in [1.54, 1.807) is 18.2 Å². The molecule has 84 heavy (non-hydrogen) atoms. The van der Waals surface area contributed by atoms with Gasteiger partial charge in [0.25, 0.3) is 16.7 Å². The molecule has 0 unspecified atom stereocenters. The summed E-state index contributed by atoms with van der Waals surface area (Å²) in [6, 6.07) is 21.2. The number of benzene rings is 1. The van der Waals surface area contributed by atoms with E-state index in [0.717, 1.165) is 165 Å². The quantitative estimate of drug-likeness (QED) is 0.108. The van der Waals surface area contributed by atoms with Gasteiger partial charge in [-0.2, -0.15) is 0 Å². The maximum atomic E-state index is 12.2. The third-order valence-electron chi connectivity index (χ3n) is 16.5. The van der Waals surface area contributed by atoms with Crippen LogP contribution < -0.4 is 41.8 Å². The molecule has 6 fully saturated rings. The highest BCUT2D eigenvalue weighted by atomic mass is 16.5. The number of hydrogen-bond acceptors (Lipinski definition) is 19. The van der Waals surface area contributed by atoms with Crippen molar-refractivity contribution in [3.05, 3.63) is 150 Å². The van der Waals surface area contributed by atoms with E-state index in [2.05, 4.69) is 84.5 Å². The number of piperidine rings is 3. The summed E-state index contributed by atoms with van der Waals surface area (Å²) < 4.78 is 21.6. The first-order chi connectivity index (χ1) is 41.0. The number of nitrogen functional groups attached to an aromatic ring is 1. The lowest BCUT2D eigenvalue weighted by Crippen LogP contribution is -2.39. The predicted octanol–water partition coefficient (Wildman–Crippen LogP) is 4.65. The Morgan fingerprint density at radius 3 is 1.21 bits per heavy atom. The number of nitrogens with two attached hydrogens (primary N) is 1. The Hall–Kier alpha value is -7.52. The number of anilines is 4. The number of pyridine rings is 2. The zero-order valence-electron chi connectivity index (χ0n) is 48.5. The minimum absolute atomic E-state index is 0.0605. The Morgan fingerprint density at radius 2 is 0.869 bits per heavy atom. The molecule has 0 bridgehead atoms. The summed E-state index contributed by atoms with van der Waals surface area (Å²) in [6.07, 6.45) is 15.1. The molecule has 6 aliphatic heterocycles. The molecule has 6 aromatic rings. The van der Waals surface area contributed by atoms with Crippen LogP contribution in [0.1, 0.15) is 95.7 Å². The maximum absolute atomic E-state index is 12.2. The Bertz CT molecular complexity index is 3080. The number of terminal acetylenes is 1. The highest BCUT2D eigenvalue weighted by Gasteiger charge is 2.27. The van der Waals surface area contributed by atoms with Crippen molar-refractivity contribution in [3.8, 4) is 18.1 Å². The van der Waals surface area contributed by atoms with Gasteiger partial charge in [0, 0.05) is 113 Å². The Kier molecular flexibility index (Phi) is 21.2. The first-order valence-corrected chi connectivity index (χ1v) is 29.8. The van der Waals surface area contributed by atoms with E-state index in [0.29, 0.717) is 81.1 Å². The van der Waals surface area contributed by atoms with Crippen molar-refractivity contribution in [2.24, 2.45) is 0 Å². The van der Waals surface area contributed by atoms with Crippen molar-refractivity contribution < 1.29 is 18.9 Å². The van der Waals surface area contributed by atoms with E-state index >= 15 is 0 Å². The second kappa shape index (κ2) is 29.8. The van der Waals surface area contributed by atoms with Gasteiger partial charge in [-0.25, -0.2) is 19.9 Å². The molecule has 22 heteroatoms. The summed E-state index contributed by atoms with van der Waals surface area (Å²) >= 11 is 0. The Morgan fingerprint density at radius 1 is 0.512 bits per heavy atom. The molecule has 5 aromatic heterocycles. The van der Waals surface area contributed by atoms with Gasteiger partial charge in [-0.05, 0) is 126 Å². The molecule has 6 saturated heterocycles. The summed E-state index contributed by atoms with van der Waals surface area (Å²) in [4.78, 5) is 81.7. The van der Waals surface area contributed by atoms with Crippen molar-refractivity contribution in [2.45, 2.75) is 82.8 Å². The van der Waals surface area contributed by atoms with Crippen LogP contribution in [0.15, 0.2) is 93.5 Å². The van der Waals surface area contributed by atoms with Crippen LogP contribution >= 0.6 is 0 Å². The number of ether oxygens (including phenoxy) is 4. The number of aromatic nitrogens is 8. The van der Waals surface area contributed by atoms with Crippen LogP contribution in [0.25, 0.3) is 0 Å². The van der Waals surface area contributed by atoms with Crippen LogP contribution in [0.4, 0.5) is 23.7 Å². The number of likely N-dealkylation sites (tertiary alicyclic amines) is 3. The maximum Gasteiger partial charge on any atom is 0.252 e. The first kappa shape index (κ1) is 59.6. The number of nitrogens with zero attached hydrogens (tertiary/aromatic N) is 11. The topological polar surface area (TPSA) is 245 Å². The number of hydrogen-bond donors (Lipinski definition) is 4. The normalized spacial score (nSPS) is 18.9. The van der Waals surface area contributed by atoms with E-state index in [9.17, 15) is 14.4 Å². The second-order valence-electron chi connectivity index (χ2n) is 22.5. The molecule has 0 saturated carbocycles. The number of nitrogens with one attached hydrogen (secondary N) is 3. The van der Waals surface area contributed by atoms with Crippen LogP contribution in [0.3, 0.4) is 0 Å². The van der Waals surface area contributed by atoms with Gasteiger partial charge in [-0.1, -0.05) is 30.2 Å². The lowest BCUT2D eigenvalue weighted by atomic mass is 9.93. The van der Waals surface area contributed by atoms with Crippen molar-refractivity contribution in [1.29, 1.82) is 0 Å². The minimum Gasteiger partial charge on any atom is -0.481 e. The van der Waals surface area contributed by atoms with Crippen molar-refractivity contribution in [1.82, 2.24) is 54.6 Å². The molecular formula is C62H81N15O7. The Labute approximate surface area is 491 Å². The molecule has 6 aliphatic rings. The van der Waals surface area contributed by atoms with Gasteiger partial charge in [0.2, 0.25) is 17.8 Å². The van der Waals surface area contributed by atoms with Gasteiger partial charge < -0.3 is 39.4 Å². The molecule has 0 amide bonds. The summed E-state index contributed by atoms with van der Waals surface area (Å²) in [5.74, 6) is 6.86. The molecule has 5 N–H and O–H groups in total. The molecule has 0 aliphatic carbocycles. The highest BCUT2D eigenvalue weighted by Crippen LogP contribution is 2.31. The zero-order valence-corrected chi connectivity index (χ0v) is 48.5. The number of morpholine rings is 3. The molecule has 0 spiro atoms. The fourth-order valence-corrected chi connectivity index (χ4v) is 11.7. The first-order valence-electron chi connectivity index (χ1n) is 29.8. The largest absolute Gasteiger partial charge is 0.481 e. The molecular weight excluding hydrogens is 1070 g/mol. The molecule has 446 valence electrons. The summed E-state index contributed by atoms with van der Waals surface area (Å²) in [7, 11) is 0. The molecule has 0 radical (unpaired) electrons. The summed E-state index contributed by atoms with van der Waals surface area (Å²) in [6.45, 7) is 19.6. The van der Waals surface area contributed by atoms with E-state index < -0.39 is 0 Å². The van der Waals surface area contributed by atoms with Gasteiger partial charge in [-0.3, -0.25) is 49.0 Å². The number of aryl methyl sites for hydroxylation is 1. The Balaban J connectivity index is 0.000000141. The van der Waals surface area contributed by atoms with Gasteiger partial charge in [0.05, 0.1) is 56.7 Å².